The molecule has 3 heteroatoms. The Bertz CT molecular complexity index is 735. The van der Waals surface area contributed by atoms with Gasteiger partial charge in [0, 0.05) is 0 Å². The molecule has 0 spiro atoms. The van der Waals surface area contributed by atoms with Crippen LogP contribution in [0.15, 0.2) is 36.4 Å². The highest BCUT2D eigenvalue weighted by molar-refractivity contribution is 5.82. The molecule has 1 aromatic heterocycles. The molecule has 1 N–H and O–H groups in total. The number of H-pyrrole nitrogens is 1. The van der Waals surface area contributed by atoms with E-state index in [4.69, 9.17) is 9.72 Å². The molecule has 0 bridgehead atoms. The van der Waals surface area contributed by atoms with E-state index in [0.29, 0.717) is 0 Å². The Morgan fingerprint density at radius 2 is 1.86 bits per heavy atom. The topological polar surface area (TPSA) is 37.9 Å². The van der Waals surface area contributed by atoms with Gasteiger partial charge in [0.25, 0.3) is 0 Å². The molecule has 0 amide bonds. The molecule has 0 aliphatic heterocycles. The van der Waals surface area contributed by atoms with Gasteiger partial charge in [-0.3, -0.25) is 0 Å². The lowest BCUT2D eigenvalue weighted by atomic mass is 10.1. The predicted molar refractivity (Wildman–Crippen MR) is 86.8 cm³/mol. The molecule has 0 atom stereocenters. The Kier molecular flexibility index (Phi) is 3.65. The summed E-state index contributed by atoms with van der Waals surface area (Å²) in [7, 11) is 0. The summed E-state index contributed by atoms with van der Waals surface area (Å²) in [4.78, 5) is 8.12. The van der Waals surface area contributed by atoms with Gasteiger partial charge < -0.3 is 9.72 Å². The number of aromatic nitrogens is 2. The predicted octanol–water partition coefficient (Wildman–Crippen LogP) is 4.64. The first kappa shape index (κ1) is 13.7. The molecule has 3 rings (SSSR count). The Morgan fingerprint density at radius 1 is 1.10 bits per heavy atom. The SMILES string of the molecule is CCCOc1ccccc1-c1nc2cc(C)c(C)cc2[nH]1. The van der Waals surface area contributed by atoms with E-state index in [-0.39, 0.29) is 0 Å². The lowest BCUT2D eigenvalue weighted by Gasteiger charge is -2.08. The van der Waals surface area contributed by atoms with Crippen LogP contribution in [0.2, 0.25) is 0 Å². The van der Waals surface area contributed by atoms with Crippen molar-refractivity contribution in [3.63, 3.8) is 0 Å². The zero-order valence-corrected chi connectivity index (χ0v) is 12.7. The Morgan fingerprint density at radius 3 is 2.67 bits per heavy atom. The van der Waals surface area contributed by atoms with Gasteiger partial charge in [-0.05, 0) is 55.7 Å². The van der Waals surface area contributed by atoms with Gasteiger partial charge in [-0.15, -0.1) is 0 Å². The number of nitrogens with zero attached hydrogens (tertiary/aromatic N) is 1. The second-order valence-corrected chi connectivity index (χ2v) is 5.38. The van der Waals surface area contributed by atoms with Crippen LogP contribution >= 0.6 is 0 Å². The summed E-state index contributed by atoms with van der Waals surface area (Å²) >= 11 is 0. The van der Waals surface area contributed by atoms with Crippen molar-refractivity contribution in [2.45, 2.75) is 27.2 Å². The van der Waals surface area contributed by atoms with Crippen molar-refractivity contribution < 1.29 is 4.74 Å². The zero-order valence-electron chi connectivity index (χ0n) is 12.7. The van der Waals surface area contributed by atoms with Gasteiger partial charge in [-0.2, -0.15) is 0 Å². The second kappa shape index (κ2) is 5.60. The van der Waals surface area contributed by atoms with E-state index < -0.39 is 0 Å². The number of nitrogens with one attached hydrogen (secondary N) is 1. The van der Waals surface area contributed by atoms with Gasteiger partial charge in [-0.25, -0.2) is 4.98 Å². The van der Waals surface area contributed by atoms with Crippen LogP contribution in [0.4, 0.5) is 0 Å². The van der Waals surface area contributed by atoms with Gasteiger partial charge in [0.2, 0.25) is 0 Å². The molecule has 0 aliphatic carbocycles. The van der Waals surface area contributed by atoms with Crippen molar-refractivity contribution in [1.29, 1.82) is 0 Å². The number of hydrogen-bond acceptors (Lipinski definition) is 2. The fraction of sp³-hybridized carbons (Fsp3) is 0.278. The third-order valence-electron chi connectivity index (χ3n) is 3.70. The van der Waals surface area contributed by atoms with Crippen molar-refractivity contribution in [1.82, 2.24) is 9.97 Å². The van der Waals surface area contributed by atoms with E-state index in [0.717, 1.165) is 41.2 Å². The fourth-order valence-corrected chi connectivity index (χ4v) is 2.40. The molecule has 0 saturated heterocycles. The van der Waals surface area contributed by atoms with Crippen molar-refractivity contribution in [2.24, 2.45) is 0 Å². The van der Waals surface area contributed by atoms with E-state index in [9.17, 15) is 0 Å². The van der Waals surface area contributed by atoms with Gasteiger partial charge in [0.05, 0.1) is 23.2 Å². The maximum absolute atomic E-state index is 5.82. The van der Waals surface area contributed by atoms with E-state index in [1.165, 1.54) is 11.1 Å². The summed E-state index contributed by atoms with van der Waals surface area (Å²) in [5.74, 6) is 1.74. The van der Waals surface area contributed by atoms with Crippen molar-refractivity contribution in [3.8, 4) is 17.1 Å². The summed E-state index contributed by atoms with van der Waals surface area (Å²) in [6.45, 7) is 7.06. The molecule has 0 aliphatic rings. The molecule has 108 valence electrons. The standard InChI is InChI=1S/C18H20N2O/c1-4-9-21-17-8-6-5-7-14(17)18-19-15-10-12(2)13(3)11-16(15)20-18/h5-8,10-11H,4,9H2,1-3H3,(H,19,20). The first-order valence-corrected chi connectivity index (χ1v) is 7.38. The molecule has 21 heavy (non-hydrogen) atoms. The van der Waals surface area contributed by atoms with E-state index in [1.807, 2.05) is 24.3 Å². The van der Waals surface area contributed by atoms with Crippen LogP contribution in [0.3, 0.4) is 0 Å². The molecule has 1 heterocycles. The van der Waals surface area contributed by atoms with E-state index >= 15 is 0 Å². The largest absolute Gasteiger partial charge is 0.493 e. The number of rotatable bonds is 4. The number of para-hydroxylation sites is 1. The smallest absolute Gasteiger partial charge is 0.142 e. The first-order valence-electron chi connectivity index (χ1n) is 7.38. The lowest BCUT2D eigenvalue weighted by Crippen LogP contribution is -1.97. The summed E-state index contributed by atoms with van der Waals surface area (Å²) in [6, 6.07) is 12.3. The molecule has 0 fully saturated rings. The van der Waals surface area contributed by atoms with Crippen LogP contribution in [-0.4, -0.2) is 16.6 Å². The normalized spacial score (nSPS) is 11.0. The van der Waals surface area contributed by atoms with Gasteiger partial charge in [0.1, 0.15) is 11.6 Å². The average molecular weight is 280 g/mol. The van der Waals surface area contributed by atoms with Crippen molar-refractivity contribution >= 4 is 11.0 Å². The van der Waals surface area contributed by atoms with E-state index in [1.54, 1.807) is 0 Å². The quantitative estimate of drug-likeness (QED) is 0.756. The van der Waals surface area contributed by atoms with Crippen LogP contribution in [0, 0.1) is 13.8 Å². The van der Waals surface area contributed by atoms with Crippen LogP contribution in [0.1, 0.15) is 24.5 Å². The first-order chi connectivity index (χ1) is 10.2. The molecule has 3 aromatic rings. The number of aryl methyl sites for hydroxylation is 2. The highest BCUT2D eigenvalue weighted by atomic mass is 16.5. The monoisotopic (exact) mass is 280 g/mol. The molecule has 0 saturated carbocycles. The van der Waals surface area contributed by atoms with Gasteiger partial charge in [0.15, 0.2) is 0 Å². The fourth-order valence-electron chi connectivity index (χ4n) is 2.40. The molecular formula is C18H20N2O. The third-order valence-corrected chi connectivity index (χ3v) is 3.70. The molecule has 2 aromatic carbocycles. The molecule has 3 nitrogen and oxygen atoms in total. The van der Waals surface area contributed by atoms with Crippen LogP contribution in [-0.2, 0) is 0 Å². The number of aromatic amines is 1. The molecule has 0 radical (unpaired) electrons. The number of ether oxygens (including phenoxy) is 1. The van der Waals surface area contributed by atoms with E-state index in [2.05, 4.69) is 37.9 Å². The molecule has 0 unspecified atom stereocenters. The summed E-state index contributed by atoms with van der Waals surface area (Å²) in [5, 5.41) is 0. The minimum atomic E-state index is 0.718. The number of fused-ring (bicyclic) bond motifs is 1. The maximum atomic E-state index is 5.82. The zero-order chi connectivity index (χ0) is 14.8. The van der Waals surface area contributed by atoms with Crippen LogP contribution in [0.25, 0.3) is 22.4 Å². The highest BCUT2D eigenvalue weighted by Gasteiger charge is 2.11. The number of benzene rings is 2. The summed E-state index contributed by atoms with van der Waals surface area (Å²) in [5.41, 5.74) is 5.61. The number of imidazole rings is 1. The summed E-state index contributed by atoms with van der Waals surface area (Å²) < 4.78 is 5.82. The van der Waals surface area contributed by atoms with Crippen LogP contribution < -0.4 is 4.74 Å². The second-order valence-electron chi connectivity index (χ2n) is 5.38. The maximum Gasteiger partial charge on any atom is 0.142 e. The minimum Gasteiger partial charge on any atom is -0.493 e. The summed E-state index contributed by atoms with van der Waals surface area (Å²) in [6.07, 6.45) is 0.993. The van der Waals surface area contributed by atoms with Gasteiger partial charge in [-0.1, -0.05) is 19.1 Å². The number of hydrogen-bond donors (Lipinski definition) is 1. The Balaban J connectivity index is 2.08. The Hall–Kier alpha value is -2.29. The van der Waals surface area contributed by atoms with Crippen molar-refractivity contribution in [3.05, 3.63) is 47.5 Å². The average Bonchev–Trinajstić information content (AvgIpc) is 2.88. The lowest BCUT2D eigenvalue weighted by molar-refractivity contribution is 0.318. The Labute approximate surface area is 125 Å². The van der Waals surface area contributed by atoms with Crippen molar-refractivity contribution in [2.75, 3.05) is 6.61 Å². The minimum absolute atomic E-state index is 0.718. The molecular weight excluding hydrogens is 260 g/mol. The third kappa shape index (κ3) is 2.64. The van der Waals surface area contributed by atoms with Crippen LogP contribution in [0.5, 0.6) is 5.75 Å². The van der Waals surface area contributed by atoms with Gasteiger partial charge >= 0.3 is 0 Å². The highest BCUT2D eigenvalue weighted by Crippen LogP contribution is 2.30.